The van der Waals surface area contributed by atoms with Gasteiger partial charge in [0.15, 0.2) is 0 Å². The number of ether oxygens (including phenoxy) is 2. The predicted molar refractivity (Wildman–Crippen MR) is 172 cm³/mol. The molecule has 3 N–H and O–H groups in total. The average molecular weight is 622 g/mol. The molecule has 0 aromatic carbocycles. The molecular weight excluding hydrogens is 562 g/mol. The van der Waals surface area contributed by atoms with Crippen LogP contribution in [0.2, 0.25) is 0 Å². The molecule has 0 aliphatic heterocycles. The monoisotopic (exact) mass is 621 g/mol. The van der Waals surface area contributed by atoms with Crippen LogP contribution in [-0.2, 0) is 45.2 Å². The summed E-state index contributed by atoms with van der Waals surface area (Å²) in [6, 6.07) is 0. The van der Waals surface area contributed by atoms with Crippen LogP contribution in [0.3, 0.4) is 0 Å². The first-order chi connectivity index (χ1) is 20.3. The van der Waals surface area contributed by atoms with Gasteiger partial charge in [0.1, 0.15) is 18.8 Å². The molecule has 0 spiro atoms. The highest BCUT2D eigenvalue weighted by atomic mass is 16.5. The molecular formula is C31H59N9O4. The Kier molecular flexibility index (Phi) is 16.7. The fourth-order valence-electron chi connectivity index (χ4n) is 3.78. The van der Waals surface area contributed by atoms with Gasteiger partial charge >= 0.3 is 0 Å². The largest absolute Gasteiger partial charge is 0.379 e. The van der Waals surface area contributed by atoms with Crippen LogP contribution in [0, 0.1) is 5.92 Å². The molecule has 252 valence electrons. The molecule has 2 amide bonds. The van der Waals surface area contributed by atoms with E-state index in [1.165, 1.54) is 11.1 Å². The van der Waals surface area contributed by atoms with Crippen LogP contribution in [0.15, 0.2) is 12.4 Å². The number of carbonyl (C=O) groups excluding carboxylic acids is 2. The van der Waals surface area contributed by atoms with Crippen LogP contribution in [0.5, 0.6) is 0 Å². The van der Waals surface area contributed by atoms with Gasteiger partial charge in [0.25, 0.3) is 0 Å². The number of hydrogen-bond acceptors (Lipinski definition) is 9. The van der Waals surface area contributed by atoms with E-state index in [4.69, 9.17) is 9.47 Å². The Hall–Kier alpha value is -2.90. The summed E-state index contributed by atoms with van der Waals surface area (Å²) in [6.45, 7) is 25.9. The van der Waals surface area contributed by atoms with E-state index in [0.29, 0.717) is 25.5 Å². The highest BCUT2D eigenvalue weighted by molar-refractivity contribution is 5.76. The van der Waals surface area contributed by atoms with Gasteiger partial charge in [-0.05, 0) is 81.1 Å². The first-order valence-electron chi connectivity index (χ1n) is 15.6. The van der Waals surface area contributed by atoms with Gasteiger partial charge in [0.05, 0.1) is 31.7 Å². The number of nitrogens with one attached hydrogen (secondary N) is 3. The number of hydrogen-bond donors (Lipinski definition) is 3. The minimum atomic E-state index is -0.251. The van der Waals surface area contributed by atoms with Crippen molar-refractivity contribution in [3.8, 4) is 0 Å². The molecule has 0 saturated heterocycles. The average Bonchev–Trinajstić information content (AvgIpc) is 3.46. The van der Waals surface area contributed by atoms with E-state index >= 15 is 0 Å². The zero-order chi connectivity index (χ0) is 33.4. The van der Waals surface area contributed by atoms with Crippen molar-refractivity contribution < 1.29 is 19.1 Å². The first kappa shape index (κ1) is 39.1. The zero-order valence-corrected chi connectivity index (χ0v) is 29.1. The van der Waals surface area contributed by atoms with Gasteiger partial charge in [0.2, 0.25) is 11.8 Å². The smallest absolute Gasteiger partial charge is 0.242 e. The third kappa shape index (κ3) is 21.7. The summed E-state index contributed by atoms with van der Waals surface area (Å²) in [7, 11) is 0. The van der Waals surface area contributed by atoms with Crippen LogP contribution in [0.25, 0.3) is 0 Å². The van der Waals surface area contributed by atoms with Crippen molar-refractivity contribution in [3.05, 3.63) is 23.8 Å². The minimum Gasteiger partial charge on any atom is -0.379 e. The standard InChI is InChI=1S/C17H32N4O3.C14H27N5O/c1-14(2)7-6-8-23-9-10-24-13-15-11-21(20-19-15)12-16(22)18-17(3,4)5;1-13(2,3)15-8-7-11-9-19(18-17-11)10-12(20)16-14(4,5)6/h11,14H,6-10,12-13H2,1-5H3,(H,18,22);9,15H,7-8,10H2,1-6H3,(H,16,20). The van der Waals surface area contributed by atoms with E-state index in [9.17, 15) is 9.59 Å². The first-order valence-corrected chi connectivity index (χ1v) is 15.6. The molecule has 0 aliphatic rings. The van der Waals surface area contributed by atoms with Crippen LogP contribution >= 0.6 is 0 Å². The fourth-order valence-corrected chi connectivity index (χ4v) is 3.78. The highest BCUT2D eigenvalue weighted by Crippen LogP contribution is 2.04. The van der Waals surface area contributed by atoms with Gasteiger partial charge in [-0.15, -0.1) is 10.2 Å². The number of rotatable bonds is 16. The molecule has 2 aromatic rings. The van der Waals surface area contributed by atoms with Crippen molar-refractivity contribution >= 4 is 11.8 Å². The summed E-state index contributed by atoms with van der Waals surface area (Å²) in [5, 5.41) is 25.2. The summed E-state index contributed by atoms with van der Waals surface area (Å²) in [4.78, 5) is 23.6. The van der Waals surface area contributed by atoms with E-state index in [1.54, 1.807) is 10.9 Å². The van der Waals surface area contributed by atoms with Crippen molar-refractivity contribution in [2.45, 2.75) is 132 Å². The molecule has 2 aromatic heterocycles. The van der Waals surface area contributed by atoms with Gasteiger partial charge in [-0.3, -0.25) is 9.59 Å². The van der Waals surface area contributed by atoms with E-state index in [0.717, 1.165) is 37.6 Å². The van der Waals surface area contributed by atoms with Crippen molar-refractivity contribution in [3.63, 3.8) is 0 Å². The molecule has 0 fully saturated rings. The summed E-state index contributed by atoms with van der Waals surface area (Å²) >= 11 is 0. The molecule has 0 radical (unpaired) electrons. The molecule has 0 saturated carbocycles. The van der Waals surface area contributed by atoms with Gasteiger partial charge in [-0.2, -0.15) is 0 Å². The highest BCUT2D eigenvalue weighted by Gasteiger charge is 2.16. The molecule has 13 heteroatoms. The molecule has 0 atom stereocenters. The van der Waals surface area contributed by atoms with Crippen LogP contribution in [0.4, 0.5) is 0 Å². The molecule has 2 heterocycles. The third-order valence-electron chi connectivity index (χ3n) is 5.54. The topological polar surface area (TPSA) is 150 Å². The maximum Gasteiger partial charge on any atom is 0.242 e. The fraction of sp³-hybridized carbons (Fsp3) is 0.806. The third-order valence-corrected chi connectivity index (χ3v) is 5.54. The minimum absolute atomic E-state index is 0.0539. The number of carbonyl (C=O) groups is 2. The Labute approximate surface area is 264 Å². The van der Waals surface area contributed by atoms with Crippen LogP contribution < -0.4 is 16.0 Å². The molecule has 13 nitrogen and oxygen atoms in total. The Morgan fingerprint density at radius 1 is 0.750 bits per heavy atom. The lowest BCUT2D eigenvalue weighted by Gasteiger charge is -2.20. The van der Waals surface area contributed by atoms with Crippen molar-refractivity contribution in [1.82, 2.24) is 45.9 Å². The second-order valence-electron chi connectivity index (χ2n) is 14.5. The molecule has 44 heavy (non-hydrogen) atoms. The van der Waals surface area contributed by atoms with Crippen molar-refractivity contribution in [2.75, 3.05) is 26.4 Å². The second-order valence-corrected chi connectivity index (χ2v) is 14.5. The molecule has 0 aliphatic carbocycles. The number of aromatic nitrogens is 6. The maximum atomic E-state index is 11.8. The lowest BCUT2D eigenvalue weighted by atomic mass is 10.1. The predicted octanol–water partition coefficient (Wildman–Crippen LogP) is 3.29. The molecule has 0 unspecified atom stereocenters. The SMILES string of the molecule is CC(C)(C)NCCc1cn(CC(=O)NC(C)(C)C)nn1.CC(C)CCCOCCOCc1cn(CC(=O)NC(C)(C)C)nn1. The van der Waals surface area contributed by atoms with Gasteiger partial charge in [-0.25, -0.2) is 9.36 Å². The van der Waals surface area contributed by atoms with E-state index < -0.39 is 0 Å². The lowest BCUT2D eigenvalue weighted by molar-refractivity contribution is -0.124. The summed E-state index contributed by atoms with van der Waals surface area (Å²) in [5.74, 6) is 0.578. The Morgan fingerprint density at radius 2 is 1.25 bits per heavy atom. The number of nitrogens with zero attached hydrogens (tertiary/aromatic N) is 6. The Bertz CT molecular complexity index is 1090. The Balaban J connectivity index is 0.000000447. The molecule has 0 bridgehead atoms. The van der Waals surface area contributed by atoms with E-state index in [2.05, 4.69) is 71.2 Å². The van der Waals surface area contributed by atoms with Gasteiger partial charge in [0, 0.05) is 42.4 Å². The maximum absolute atomic E-state index is 11.8. The lowest BCUT2D eigenvalue weighted by Crippen LogP contribution is -2.42. The summed E-state index contributed by atoms with van der Waals surface area (Å²) in [5.41, 5.74) is 1.22. The number of amides is 2. The molecule has 2 rings (SSSR count). The quantitative estimate of drug-likeness (QED) is 0.240. The van der Waals surface area contributed by atoms with Gasteiger partial charge in [-0.1, -0.05) is 24.3 Å². The van der Waals surface area contributed by atoms with Crippen molar-refractivity contribution in [1.29, 1.82) is 0 Å². The van der Waals surface area contributed by atoms with E-state index in [-0.39, 0.29) is 41.5 Å². The summed E-state index contributed by atoms with van der Waals surface area (Å²) in [6.07, 6.45) is 6.63. The van der Waals surface area contributed by atoms with Crippen molar-refractivity contribution in [2.24, 2.45) is 5.92 Å². The van der Waals surface area contributed by atoms with Crippen LogP contribution in [-0.4, -0.2) is 84.8 Å². The zero-order valence-electron chi connectivity index (χ0n) is 29.1. The van der Waals surface area contributed by atoms with E-state index in [1.807, 2.05) is 47.7 Å². The van der Waals surface area contributed by atoms with Gasteiger partial charge < -0.3 is 25.4 Å². The summed E-state index contributed by atoms with van der Waals surface area (Å²) < 4.78 is 14.1. The second kappa shape index (κ2) is 18.8. The normalized spacial score (nSPS) is 12.2. The Morgan fingerprint density at radius 3 is 1.75 bits per heavy atom. The van der Waals surface area contributed by atoms with Crippen LogP contribution in [0.1, 0.15) is 100 Å².